The summed E-state index contributed by atoms with van der Waals surface area (Å²) in [6.07, 6.45) is -6.01. The summed E-state index contributed by atoms with van der Waals surface area (Å²) in [5.74, 6) is -0.705. The molecule has 0 unspecified atom stereocenters. The lowest BCUT2D eigenvalue weighted by molar-refractivity contribution is -0.302. The van der Waals surface area contributed by atoms with E-state index < -0.39 is 30.8 Å². The molecule has 160 valence electrons. The first kappa shape index (κ1) is 22.1. The van der Waals surface area contributed by atoms with E-state index in [-0.39, 0.29) is 10.7 Å². The Hall–Kier alpha value is -2.58. The SMILES string of the molecule is Cc1cc(C)c(OCC(=O)N2N=C(c3ccc(Cl)cc3)C[C@@]2(O)C(F)(F)F)c(C)c1. The lowest BCUT2D eigenvalue weighted by atomic mass is 10.0. The third kappa shape index (κ3) is 4.15. The van der Waals surface area contributed by atoms with Crippen LogP contribution in [0.4, 0.5) is 13.2 Å². The summed E-state index contributed by atoms with van der Waals surface area (Å²) in [5.41, 5.74) is -0.728. The van der Waals surface area contributed by atoms with E-state index in [0.717, 1.165) is 16.7 Å². The number of benzene rings is 2. The maximum Gasteiger partial charge on any atom is 0.438 e. The number of nitrogens with zero attached hydrogens (tertiary/aromatic N) is 2. The van der Waals surface area contributed by atoms with Gasteiger partial charge in [-0.15, -0.1) is 0 Å². The number of carbonyl (C=O) groups excluding carboxylic acids is 1. The third-order valence-corrected chi connectivity index (χ3v) is 5.05. The molecule has 1 heterocycles. The zero-order chi connectivity index (χ0) is 22.3. The molecule has 0 aliphatic carbocycles. The molecule has 0 spiro atoms. The van der Waals surface area contributed by atoms with Crippen LogP contribution in [0.5, 0.6) is 5.75 Å². The minimum atomic E-state index is -5.12. The number of hydrazone groups is 1. The number of hydrogen-bond donors (Lipinski definition) is 1. The van der Waals surface area contributed by atoms with Crippen LogP contribution in [0.3, 0.4) is 0 Å². The smallest absolute Gasteiger partial charge is 0.438 e. The molecule has 0 saturated carbocycles. The number of ether oxygens (including phenoxy) is 1. The van der Waals surface area contributed by atoms with Crippen LogP contribution in [0.15, 0.2) is 41.5 Å². The third-order valence-electron chi connectivity index (χ3n) is 4.80. The quantitative estimate of drug-likeness (QED) is 0.759. The topological polar surface area (TPSA) is 62.1 Å². The highest BCUT2D eigenvalue weighted by atomic mass is 35.5. The molecule has 5 nitrogen and oxygen atoms in total. The minimum Gasteiger partial charge on any atom is -0.483 e. The van der Waals surface area contributed by atoms with Crippen LogP contribution in [0.25, 0.3) is 0 Å². The Labute approximate surface area is 176 Å². The molecule has 0 saturated heterocycles. The first-order valence-electron chi connectivity index (χ1n) is 9.08. The monoisotopic (exact) mass is 440 g/mol. The van der Waals surface area contributed by atoms with Gasteiger partial charge in [-0.2, -0.15) is 23.3 Å². The Bertz CT molecular complexity index is 983. The van der Waals surface area contributed by atoms with Crippen LogP contribution in [0.2, 0.25) is 5.02 Å². The second kappa shape index (κ2) is 7.92. The zero-order valence-electron chi connectivity index (χ0n) is 16.5. The van der Waals surface area contributed by atoms with Crippen molar-refractivity contribution in [2.45, 2.75) is 39.1 Å². The number of carbonyl (C=O) groups is 1. The molecule has 0 aromatic heterocycles. The van der Waals surface area contributed by atoms with Gasteiger partial charge in [0.2, 0.25) is 0 Å². The van der Waals surface area contributed by atoms with Gasteiger partial charge in [-0.05, 0) is 49.6 Å². The second-order valence-electron chi connectivity index (χ2n) is 7.27. The number of hydrogen-bond acceptors (Lipinski definition) is 4. The van der Waals surface area contributed by atoms with E-state index in [1.54, 1.807) is 13.8 Å². The van der Waals surface area contributed by atoms with Crippen LogP contribution < -0.4 is 4.74 Å². The summed E-state index contributed by atoms with van der Waals surface area (Å²) in [5, 5.41) is 14.6. The lowest BCUT2D eigenvalue weighted by Crippen LogP contribution is -2.57. The van der Waals surface area contributed by atoms with Crippen molar-refractivity contribution in [3.8, 4) is 5.75 Å². The van der Waals surface area contributed by atoms with E-state index in [4.69, 9.17) is 16.3 Å². The summed E-state index contributed by atoms with van der Waals surface area (Å²) >= 11 is 5.81. The Morgan fingerprint density at radius 1 is 1.20 bits per heavy atom. The van der Waals surface area contributed by atoms with Crippen LogP contribution in [-0.2, 0) is 4.79 Å². The van der Waals surface area contributed by atoms with Crippen molar-refractivity contribution in [1.29, 1.82) is 0 Å². The highest BCUT2D eigenvalue weighted by Crippen LogP contribution is 2.41. The average molecular weight is 441 g/mol. The predicted octanol–water partition coefficient (Wildman–Crippen LogP) is 4.53. The molecule has 2 aromatic carbocycles. The Kier molecular flexibility index (Phi) is 5.84. The van der Waals surface area contributed by atoms with Gasteiger partial charge in [-0.3, -0.25) is 4.79 Å². The van der Waals surface area contributed by atoms with E-state index in [0.29, 0.717) is 16.3 Å². The van der Waals surface area contributed by atoms with E-state index in [2.05, 4.69) is 5.10 Å². The largest absolute Gasteiger partial charge is 0.483 e. The van der Waals surface area contributed by atoms with Crippen LogP contribution >= 0.6 is 11.6 Å². The summed E-state index contributed by atoms with van der Waals surface area (Å²) in [6, 6.07) is 9.60. The molecular weight excluding hydrogens is 421 g/mol. The molecule has 1 aliphatic rings. The number of alkyl halides is 3. The molecular formula is C21H20ClF3N2O3. The van der Waals surface area contributed by atoms with Gasteiger partial charge in [0.05, 0.1) is 12.1 Å². The Morgan fingerprint density at radius 2 is 1.77 bits per heavy atom. The van der Waals surface area contributed by atoms with Crippen molar-refractivity contribution in [3.63, 3.8) is 0 Å². The molecule has 1 N–H and O–H groups in total. The average Bonchev–Trinajstić information content (AvgIpc) is 3.00. The maximum absolute atomic E-state index is 13.7. The molecule has 9 heteroatoms. The van der Waals surface area contributed by atoms with Gasteiger partial charge < -0.3 is 9.84 Å². The van der Waals surface area contributed by atoms with Crippen LogP contribution in [0.1, 0.15) is 28.7 Å². The molecule has 1 amide bonds. The fourth-order valence-electron chi connectivity index (χ4n) is 3.42. The maximum atomic E-state index is 13.7. The lowest BCUT2D eigenvalue weighted by Gasteiger charge is -2.32. The summed E-state index contributed by atoms with van der Waals surface area (Å²) in [4.78, 5) is 12.6. The highest BCUT2D eigenvalue weighted by Gasteiger charge is 2.63. The number of aliphatic hydroxyl groups is 1. The van der Waals surface area contributed by atoms with Gasteiger partial charge in [0.25, 0.3) is 11.6 Å². The summed E-state index contributed by atoms with van der Waals surface area (Å²) in [6.45, 7) is 4.74. The van der Waals surface area contributed by atoms with Crippen molar-refractivity contribution < 1.29 is 27.8 Å². The summed E-state index contributed by atoms with van der Waals surface area (Å²) < 4.78 is 46.5. The zero-order valence-corrected chi connectivity index (χ0v) is 17.3. The highest BCUT2D eigenvalue weighted by molar-refractivity contribution is 6.30. The number of halogens is 4. The van der Waals surface area contributed by atoms with Gasteiger partial charge in [-0.25, -0.2) is 0 Å². The molecule has 1 atom stereocenters. The molecule has 0 bridgehead atoms. The molecule has 3 rings (SSSR count). The van der Waals surface area contributed by atoms with Crippen molar-refractivity contribution in [2.24, 2.45) is 5.10 Å². The van der Waals surface area contributed by atoms with Gasteiger partial charge in [0, 0.05) is 5.02 Å². The Balaban J connectivity index is 1.88. The normalized spacial score (nSPS) is 19.1. The van der Waals surface area contributed by atoms with Crippen molar-refractivity contribution in [1.82, 2.24) is 5.01 Å². The van der Waals surface area contributed by atoms with Crippen LogP contribution in [0, 0.1) is 20.8 Å². The second-order valence-corrected chi connectivity index (χ2v) is 7.70. The van der Waals surface area contributed by atoms with E-state index in [1.807, 2.05) is 19.1 Å². The van der Waals surface area contributed by atoms with Crippen molar-refractivity contribution in [3.05, 3.63) is 63.7 Å². The molecule has 1 aliphatic heterocycles. The fourth-order valence-corrected chi connectivity index (χ4v) is 3.55. The first-order valence-corrected chi connectivity index (χ1v) is 9.46. The fraction of sp³-hybridized carbons (Fsp3) is 0.333. The van der Waals surface area contributed by atoms with Crippen molar-refractivity contribution >= 4 is 23.2 Å². The number of rotatable bonds is 4. The first-order chi connectivity index (χ1) is 13.9. The van der Waals surface area contributed by atoms with Gasteiger partial charge >= 0.3 is 6.18 Å². The Morgan fingerprint density at radius 3 is 2.30 bits per heavy atom. The number of amides is 1. The van der Waals surface area contributed by atoms with Gasteiger partial charge in [0.15, 0.2) is 6.61 Å². The molecule has 0 fully saturated rings. The van der Waals surface area contributed by atoms with E-state index >= 15 is 0 Å². The molecule has 0 radical (unpaired) electrons. The van der Waals surface area contributed by atoms with Gasteiger partial charge in [0.1, 0.15) is 5.75 Å². The predicted molar refractivity (Wildman–Crippen MR) is 107 cm³/mol. The van der Waals surface area contributed by atoms with E-state index in [1.165, 1.54) is 24.3 Å². The van der Waals surface area contributed by atoms with Gasteiger partial charge in [-0.1, -0.05) is 41.4 Å². The molecule has 30 heavy (non-hydrogen) atoms. The minimum absolute atomic E-state index is 0.0653. The van der Waals surface area contributed by atoms with E-state index in [9.17, 15) is 23.1 Å². The number of aryl methyl sites for hydroxylation is 3. The standard InChI is InChI=1S/C21H20ClF3N2O3/c1-12-8-13(2)19(14(3)9-12)30-11-18(28)27-20(29,21(23,24)25)10-17(26-27)15-4-6-16(22)7-5-15/h4-9,29H,10-11H2,1-3H3/t20-/m1/s1. The van der Waals surface area contributed by atoms with Crippen molar-refractivity contribution in [2.75, 3.05) is 6.61 Å². The summed E-state index contributed by atoms with van der Waals surface area (Å²) in [7, 11) is 0. The molecule has 2 aromatic rings. The van der Waals surface area contributed by atoms with Crippen LogP contribution in [-0.4, -0.2) is 40.2 Å².